The molecule has 0 saturated carbocycles. The Kier molecular flexibility index (Phi) is 5.81. The van der Waals surface area contributed by atoms with Gasteiger partial charge >= 0.3 is 0 Å². The molecule has 4 rings (SSSR count). The molecule has 4 aromatic rings. The van der Waals surface area contributed by atoms with Crippen LogP contribution >= 0.6 is 34.8 Å². The van der Waals surface area contributed by atoms with E-state index in [0.717, 1.165) is 22.6 Å². The number of carbonyl (C=O) groups excluding carboxylic acids is 1. The molecule has 30 heavy (non-hydrogen) atoms. The van der Waals surface area contributed by atoms with Crippen molar-refractivity contribution in [3.8, 4) is 11.4 Å². The molecule has 6 nitrogen and oxygen atoms in total. The van der Waals surface area contributed by atoms with Crippen molar-refractivity contribution in [2.24, 2.45) is 0 Å². The summed E-state index contributed by atoms with van der Waals surface area (Å²) >= 11 is 18.1. The van der Waals surface area contributed by atoms with Crippen molar-refractivity contribution in [1.29, 1.82) is 0 Å². The number of rotatable bonds is 5. The average Bonchev–Trinajstić information content (AvgIpc) is 2.76. The lowest BCUT2D eigenvalue weighted by Crippen LogP contribution is -2.14. The number of alkyl halides is 3. The third-order valence-corrected chi connectivity index (χ3v) is 4.90. The summed E-state index contributed by atoms with van der Waals surface area (Å²) in [7, 11) is 0. The lowest BCUT2D eigenvalue weighted by molar-refractivity contribution is 0.112. The van der Waals surface area contributed by atoms with Gasteiger partial charge in [0.2, 0.25) is 9.74 Å². The van der Waals surface area contributed by atoms with Crippen molar-refractivity contribution in [3.63, 3.8) is 0 Å². The highest BCUT2D eigenvalue weighted by atomic mass is 35.6. The van der Waals surface area contributed by atoms with Crippen molar-refractivity contribution in [1.82, 2.24) is 19.9 Å². The second-order valence-electron chi connectivity index (χ2n) is 6.38. The molecule has 0 atom stereocenters. The maximum atomic E-state index is 11.9. The molecule has 0 radical (unpaired) electrons. The Labute approximate surface area is 187 Å². The number of pyridine rings is 1. The number of benzene rings is 2. The predicted octanol–water partition coefficient (Wildman–Crippen LogP) is 5.34. The Hall–Kier alpha value is -2.80. The van der Waals surface area contributed by atoms with Crippen molar-refractivity contribution in [2.75, 3.05) is 5.32 Å². The highest BCUT2D eigenvalue weighted by Crippen LogP contribution is 2.37. The van der Waals surface area contributed by atoms with E-state index < -0.39 is 3.79 Å². The number of aldehydes is 1. The van der Waals surface area contributed by atoms with Gasteiger partial charge in [0.25, 0.3) is 0 Å². The quantitative estimate of drug-likeness (QED) is 0.321. The van der Waals surface area contributed by atoms with E-state index in [1.165, 1.54) is 0 Å². The van der Waals surface area contributed by atoms with E-state index in [1.54, 1.807) is 18.5 Å². The van der Waals surface area contributed by atoms with Gasteiger partial charge in [-0.2, -0.15) is 9.97 Å². The molecule has 150 valence electrons. The van der Waals surface area contributed by atoms with Gasteiger partial charge in [-0.1, -0.05) is 71.2 Å². The van der Waals surface area contributed by atoms with Crippen LogP contribution in [0.3, 0.4) is 0 Å². The van der Waals surface area contributed by atoms with Crippen molar-refractivity contribution >= 4 is 57.8 Å². The molecule has 2 heterocycles. The topological polar surface area (TPSA) is 80.7 Å². The van der Waals surface area contributed by atoms with Crippen LogP contribution < -0.4 is 5.32 Å². The smallest absolute Gasteiger partial charge is 0.250 e. The van der Waals surface area contributed by atoms with Gasteiger partial charge in [0, 0.05) is 30.1 Å². The Morgan fingerprint density at radius 3 is 2.53 bits per heavy atom. The first-order valence-electron chi connectivity index (χ1n) is 8.89. The van der Waals surface area contributed by atoms with Gasteiger partial charge in [0.15, 0.2) is 17.9 Å². The summed E-state index contributed by atoms with van der Waals surface area (Å²) in [6, 6.07) is 14.9. The molecule has 1 N–H and O–H groups in total. The Morgan fingerprint density at radius 1 is 0.967 bits per heavy atom. The van der Waals surface area contributed by atoms with Crippen LogP contribution in [-0.4, -0.2) is 26.2 Å². The maximum absolute atomic E-state index is 11.9. The Bertz CT molecular complexity index is 1210. The van der Waals surface area contributed by atoms with E-state index in [9.17, 15) is 4.79 Å². The number of hydrogen-bond donors (Lipinski definition) is 1. The van der Waals surface area contributed by atoms with Crippen LogP contribution in [0.2, 0.25) is 0 Å². The fraction of sp³-hybridized carbons (Fsp3) is 0.0952. The molecule has 2 aromatic heterocycles. The second-order valence-corrected chi connectivity index (χ2v) is 8.67. The minimum atomic E-state index is -1.86. The SMILES string of the molecule is O=Cc1c(-c2nc(NCc3cccnc3)nc(C(Cl)(Cl)Cl)n2)ccc2ccccc12. The average molecular weight is 459 g/mol. The number of halogens is 3. The third kappa shape index (κ3) is 4.36. The van der Waals surface area contributed by atoms with Gasteiger partial charge in [0.1, 0.15) is 0 Å². The van der Waals surface area contributed by atoms with Gasteiger partial charge in [-0.15, -0.1) is 0 Å². The molecule has 0 aliphatic carbocycles. The molecule has 0 bridgehead atoms. The number of fused-ring (bicyclic) bond motifs is 1. The molecule has 0 aliphatic heterocycles. The highest BCUT2D eigenvalue weighted by molar-refractivity contribution is 6.66. The van der Waals surface area contributed by atoms with Crippen molar-refractivity contribution in [2.45, 2.75) is 10.3 Å². The first-order valence-corrected chi connectivity index (χ1v) is 10.0. The van der Waals surface area contributed by atoms with E-state index >= 15 is 0 Å². The first-order chi connectivity index (χ1) is 14.5. The fourth-order valence-corrected chi connectivity index (χ4v) is 3.26. The summed E-state index contributed by atoms with van der Waals surface area (Å²) < 4.78 is -1.86. The molecule has 0 spiro atoms. The molecule has 0 amide bonds. The third-order valence-electron chi connectivity index (χ3n) is 4.39. The second kappa shape index (κ2) is 8.52. The van der Waals surface area contributed by atoms with E-state index in [1.807, 2.05) is 42.5 Å². The summed E-state index contributed by atoms with van der Waals surface area (Å²) in [6.07, 6.45) is 4.18. The number of aromatic nitrogens is 4. The molecule has 9 heteroatoms. The zero-order valence-corrected chi connectivity index (χ0v) is 17.7. The monoisotopic (exact) mass is 457 g/mol. The maximum Gasteiger partial charge on any atom is 0.250 e. The number of nitrogens with one attached hydrogen (secondary N) is 1. The summed E-state index contributed by atoms with van der Waals surface area (Å²) in [4.78, 5) is 29.0. The first kappa shape index (κ1) is 20.5. The summed E-state index contributed by atoms with van der Waals surface area (Å²) in [5, 5.41) is 4.80. The molecular weight excluding hydrogens is 445 g/mol. The summed E-state index contributed by atoms with van der Waals surface area (Å²) in [5.41, 5.74) is 1.90. The molecule has 0 fully saturated rings. The minimum Gasteiger partial charge on any atom is -0.350 e. The van der Waals surface area contributed by atoms with E-state index in [0.29, 0.717) is 17.7 Å². The van der Waals surface area contributed by atoms with E-state index in [-0.39, 0.29) is 17.6 Å². The van der Waals surface area contributed by atoms with Gasteiger partial charge < -0.3 is 5.32 Å². The Balaban J connectivity index is 1.81. The van der Waals surface area contributed by atoms with Gasteiger partial charge in [-0.25, -0.2) is 4.98 Å². The van der Waals surface area contributed by atoms with E-state index in [4.69, 9.17) is 34.8 Å². The molecule has 0 unspecified atom stereocenters. The van der Waals surface area contributed by atoms with Crippen LogP contribution in [0, 0.1) is 0 Å². The van der Waals surface area contributed by atoms with Gasteiger partial charge in [-0.3, -0.25) is 9.78 Å². The predicted molar refractivity (Wildman–Crippen MR) is 119 cm³/mol. The molecular formula is C21H14Cl3N5O. The number of hydrogen-bond acceptors (Lipinski definition) is 6. The summed E-state index contributed by atoms with van der Waals surface area (Å²) in [6.45, 7) is 0.412. The van der Waals surface area contributed by atoms with Crippen LogP contribution in [0.4, 0.5) is 5.95 Å². The van der Waals surface area contributed by atoms with Crippen LogP contribution in [-0.2, 0) is 10.3 Å². The van der Waals surface area contributed by atoms with Crippen LogP contribution in [0.1, 0.15) is 21.7 Å². The largest absolute Gasteiger partial charge is 0.350 e. The molecule has 2 aromatic carbocycles. The zero-order valence-electron chi connectivity index (χ0n) is 15.4. The minimum absolute atomic E-state index is 0.0452. The molecule has 0 aliphatic rings. The van der Waals surface area contributed by atoms with Gasteiger partial charge in [0.05, 0.1) is 0 Å². The fourth-order valence-electron chi connectivity index (χ4n) is 3.00. The normalized spacial score (nSPS) is 11.4. The van der Waals surface area contributed by atoms with E-state index in [2.05, 4.69) is 25.3 Å². The van der Waals surface area contributed by atoms with Gasteiger partial charge in [-0.05, 0) is 28.5 Å². The summed E-state index contributed by atoms with van der Waals surface area (Å²) in [5.74, 6) is 0.402. The van der Waals surface area contributed by atoms with Crippen molar-refractivity contribution in [3.05, 3.63) is 77.9 Å². The standard InChI is InChI=1S/C21H14Cl3N5O/c22-21(23,24)19-27-18(28-20(29-19)26-11-13-4-3-9-25-10-13)16-8-7-14-5-1-2-6-15(14)17(16)12-30/h1-10,12H,11H2,(H,26,27,28,29). The number of carbonyl (C=O) groups is 1. The lowest BCUT2D eigenvalue weighted by Gasteiger charge is -2.14. The highest BCUT2D eigenvalue weighted by Gasteiger charge is 2.29. The number of nitrogens with zero attached hydrogens (tertiary/aromatic N) is 4. The van der Waals surface area contributed by atoms with Crippen molar-refractivity contribution < 1.29 is 4.79 Å². The zero-order chi connectivity index (χ0) is 21.1. The molecule has 0 saturated heterocycles. The lowest BCUT2D eigenvalue weighted by atomic mass is 9.99. The Morgan fingerprint density at radius 2 is 1.80 bits per heavy atom. The number of anilines is 1. The van der Waals surface area contributed by atoms with Crippen LogP contribution in [0.25, 0.3) is 22.2 Å². The van der Waals surface area contributed by atoms with Crippen LogP contribution in [0.5, 0.6) is 0 Å². The van der Waals surface area contributed by atoms with Crippen LogP contribution in [0.15, 0.2) is 60.9 Å².